The third kappa shape index (κ3) is 5.10. The molecule has 0 radical (unpaired) electrons. The fraction of sp³-hybridized carbons (Fsp3) is 0.750. The van der Waals surface area contributed by atoms with E-state index in [0.717, 1.165) is 19.3 Å². The van der Waals surface area contributed by atoms with Crippen LogP contribution in [-0.2, 0) is 19.1 Å². The summed E-state index contributed by atoms with van der Waals surface area (Å²) < 4.78 is 42.8. The number of nitrogens with one attached hydrogen (secondary N) is 1. The predicted molar refractivity (Wildman–Crippen MR) is 85.3 cm³/mol. The van der Waals surface area contributed by atoms with Crippen molar-refractivity contribution in [2.24, 2.45) is 0 Å². The highest BCUT2D eigenvalue weighted by molar-refractivity contribution is 6.09. The molecule has 152 valence electrons. The lowest BCUT2D eigenvalue weighted by Crippen LogP contribution is -2.50. The monoisotopic (exact) mass is 393 g/mol. The molecule has 1 aliphatic heterocycles. The van der Waals surface area contributed by atoms with Crippen molar-refractivity contribution in [2.45, 2.75) is 50.7 Å². The Bertz CT molecular complexity index is 617. The summed E-state index contributed by atoms with van der Waals surface area (Å²) in [5.74, 6) is -2.77. The third-order valence-corrected chi connectivity index (χ3v) is 4.59. The van der Waals surface area contributed by atoms with Gasteiger partial charge in [0, 0.05) is 0 Å². The van der Waals surface area contributed by atoms with Gasteiger partial charge in [-0.2, -0.15) is 13.2 Å². The lowest BCUT2D eigenvalue weighted by Gasteiger charge is -2.30. The second-order valence-corrected chi connectivity index (χ2v) is 6.63. The number of hydrogen-bond donors (Lipinski definition) is 1. The van der Waals surface area contributed by atoms with Crippen LogP contribution in [0, 0.1) is 0 Å². The summed E-state index contributed by atoms with van der Waals surface area (Å²) in [5, 5.41) is 2.58. The van der Waals surface area contributed by atoms with Gasteiger partial charge in [0.25, 0.3) is 5.91 Å². The number of hydrogen-bond acceptors (Lipinski definition) is 5. The molecule has 0 aromatic carbocycles. The Hall–Kier alpha value is -2.33. The van der Waals surface area contributed by atoms with Crippen molar-refractivity contribution in [1.82, 2.24) is 15.1 Å². The van der Waals surface area contributed by atoms with Crippen molar-refractivity contribution in [3.8, 4) is 0 Å². The van der Waals surface area contributed by atoms with Crippen LogP contribution in [0.1, 0.15) is 39.0 Å². The van der Waals surface area contributed by atoms with Crippen molar-refractivity contribution in [3.63, 3.8) is 0 Å². The minimum absolute atomic E-state index is 0.0532. The van der Waals surface area contributed by atoms with Crippen LogP contribution in [0.4, 0.5) is 18.0 Å². The summed E-state index contributed by atoms with van der Waals surface area (Å²) in [5.41, 5.74) is -1.08. The first kappa shape index (κ1) is 21.0. The van der Waals surface area contributed by atoms with Crippen LogP contribution in [0.25, 0.3) is 0 Å². The number of nitrogens with zero attached hydrogens (tertiary/aromatic N) is 2. The van der Waals surface area contributed by atoms with Crippen LogP contribution in [0.5, 0.6) is 0 Å². The van der Waals surface area contributed by atoms with Gasteiger partial charge in [0.05, 0.1) is 6.61 Å². The lowest BCUT2D eigenvalue weighted by molar-refractivity contribution is -0.167. The van der Waals surface area contributed by atoms with E-state index < -0.39 is 55.2 Å². The minimum Gasteiger partial charge on any atom is -0.465 e. The van der Waals surface area contributed by atoms with E-state index in [1.807, 2.05) is 0 Å². The number of carbonyl (C=O) groups is 4. The number of esters is 1. The molecule has 27 heavy (non-hydrogen) atoms. The predicted octanol–water partition coefficient (Wildman–Crippen LogP) is 1.20. The summed E-state index contributed by atoms with van der Waals surface area (Å²) in [7, 11) is 0. The fourth-order valence-electron chi connectivity index (χ4n) is 3.36. The second kappa shape index (κ2) is 8.13. The lowest BCUT2D eigenvalue weighted by atomic mass is 9.82. The molecule has 4 amide bonds. The number of rotatable bonds is 6. The minimum atomic E-state index is -4.75. The molecule has 1 aliphatic carbocycles. The van der Waals surface area contributed by atoms with Gasteiger partial charge < -0.3 is 15.0 Å². The first-order valence-electron chi connectivity index (χ1n) is 8.72. The normalized spacial score (nSPS) is 19.2. The molecule has 2 rings (SSSR count). The zero-order valence-electron chi connectivity index (χ0n) is 14.9. The Labute approximate surface area is 154 Å². The van der Waals surface area contributed by atoms with Gasteiger partial charge in [-0.25, -0.2) is 4.79 Å². The van der Waals surface area contributed by atoms with E-state index in [2.05, 4.69) is 10.1 Å². The van der Waals surface area contributed by atoms with Crippen LogP contribution >= 0.6 is 0 Å². The zero-order valence-corrected chi connectivity index (χ0v) is 14.9. The molecule has 1 spiro atoms. The molecular formula is C16H22F3N3O5. The van der Waals surface area contributed by atoms with Crippen molar-refractivity contribution in [2.75, 3.05) is 26.2 Å². The van der Waals surface area contributed by atoms with Crippen molar-refractivity contribution < 1.29 is 37.1 Å². The number of ether oxygens (including phenoxy) is 1. The zero-order chi connectivity index (χ0) is 20.2. The molecule has 0 unspecified atom stereocenters. The number of urea groups is 1. The summed E-state index contributed by atoms with van der Waals surface area (Å²) in [6.07, 6.45) is -1.50. The standard InChI is InChI=1S/C16H22F3N3O5/c1-2-27-12(24)9-21(10-16(17,18)19)11(23)8-22-13(25)15(20-14(22)26)6-4-3-5-7-15/h2-10H2,1H3,(H,20,26). The summed E-state index contributed by atoms with van der Waals surface area (Å²) in [4.78, 5) is 49.5. The van der Waals surface area contributed by atoms with Crippen LogP contribution in [-0.4, -0.2) is 71.6 Å². The van der Waals surface area contributed by atoms with Crippen LogP contribution in [0.2, 0.25) is 0 Å². The van der Waals surface area contributed by atoms with Crippen molar-refractivity contribution in [1.29, 1.82) is 0 Å². The van der Waals surface area contributed by atoms with Gasteiger partial charge in [-0.15, -0.1) is 0 Å². The quantitative estimate of drug-likeness (QED) is 0.540. The molecular weight excluding hydrogens is 371 g/mol. The van der Waals surface area contributed by atoms with Gasteiger partial charge in [0.2, 0.25) is 5.91 Å². The summed E-state index contributed by atoms with van der Waals surface area (Å²) in [6, 6.07) is -0.807. The number of carbonyl (C=O) groups excluding carboxylic acids is 4. The number of amides is 4. The number of imide groups is 1. The molecule has 0 aromatic heterocycles. The molecule has 2 fully saturated rings. The molecule has 2 aliphatic rings. The topological polar surface area (TPSA) is 96.0 Å². The highest BCUT2D eigenvalue weighted by Crippen LogP contribution is 2.33. The van der Waals surface area contributed by atoms with Gasteiger partial charge in [0.1, 0.15) is 25.2 Å². The molecule has 0 atom stereocenters. The van der Waals surface area contributed by atoms with Crippen LogP contribution in [0.3, 0.4) is 0 Å². The highest BCUT2D eigenvalue weighted by Gasteiger charge is 2.52. The van der Waals surface area contributed by atoms with Gasteiger partial charge in [-0.05, 0) is 19.8 Å². The molecule has 0 aromatic rings. The van der Waals surface area contributed by atoms with Crippen LogP contribution in [0.15, 0.2) is 0 Å². The van der Waals surface area contributed by atoms with Gasteiger partial charge in [-0.3, -0.25) is 19.3 Å². The van der Waals surface area contributed by atoms with E-state index in [4.69, 9.17) is 0 Å². The third-order valence-electron chi connectivity index (χ3n) is 4.59. The maximum absolute atomic E-state index is 12.7. The Balaban J connectivity index is 2.09. The largest absolute Gasteiger partial charge is 0.465 e. The number of alkyl halides is 3. The van der Waals surface area contributed by atoms with Gasteiger partial charge in [-0.1, -0.05) is 19.3 Å². The molecule has 1 heterocycles. The van der Waals surface area contributed by atoms with E-state index >= 15 is 0 Å². The van der Waals surface area contributed by atoms with E-state index in [9.17, 15) is 32.3 Å². The molecule has 1 saturated heterocycles. The fourth-order valence-corrected chi connectivity index (χ4v) is 3.36. The molecule has 0 bridgehead atoms. The Kier molecular flexibility index (Phi) is 6.32. The smallest absolute Gasteiger partial charge is 0.406 e. The SMILES string of the molecule is CCOC(=O)CN(CC(F)(F)F)C(=O)CN1C(=O)NC2(CCCCC2)C1=O. The first-order valence-corrected chi connectivity index (χ1v) is 8.72. The maximum Gasteiger partial charge on any atom is 0.406 e. The molecule has 11 heteroatoms. The van der Waals surface area contributed by atoms with E-state index in [-0.39, 0.29) is 11.5 Å². The molecule has 8 nitrogen and oxygen atoms in total. The van der Waals surface area contributed by atoms with E-state index in [1.54, 1.807) is 0 Å². The van der Waals surface area contributed by atoms with Crippen molar-refractivity contribution in [3.05, 3.63) is 0 Å². The summed E-state index contributed by atoms with van der Waals surface area (Å²) in [6.45, 7) is -2.03. The Morgan fingerprint density at radius 3 is 2.41 bits per heavy atom. The molecule has 1 N–H and O–H groups in total. The maximum atomic E-state index is 12.7. The highest BCUT2D eigenvalue weighted by atomic mass is 19.4. The number of halogens is 3. The average molecular weight is 393 g/mol. The first-order chi connectivity index (χ1) is 12.6. The van der Waals surface area contributed by atoms with Gasteiger partial charge in [0.15, 0.2) is 0 Å². The van der Waals surface area contributed by atoms with E-state index in [0.29, 0.717) is 17.7 Å². The second-order valence-electron chi connectivity index (χ2n) is 6.63. The van der Waals surface area contributed by atoms with E-state index in [1.165, 1.54) is 6.92 Å². The van der Waals surface area contributed by atoms with Crippen molar-refractivity contribution >= 4 is 23.8 Å². The Morgan fingerprint density at radius 2 is 1.85 bits per heavy atom. The van der Waals surface area contributed by atoms with Gasteiger partial charge >= 0.3 is 18.2 Å². The average Bonchev–Trinajstić information content (AvgIpc) is 2.78. The Morgan fingerprint density at radius 1 is 1.22 bits per heavy atom. The molecule has 1 saturated carbocycles. The van der Waals surface area contributed by atoms with Crippen LogP contribution < -0.4 is 5.32 Å². The summed E-state index contributed by atoms with van der Waals surface area (Å²) >= 11 is 0.